The first kappa shape index (κ1) is 12.9. The second kappa shape index (κ2) is 5.10. The molecule has 1 aliphatic carbocycles. The fourth-order valence-corrected chi connectivity index (χ4v) is 3.36. The van der Waals surface area contributed by atoms with Crippen molar-refractivity contribution in [2.24, 2.45) is 0 Å². The standard InChI is InChI=1S/C14H18ClN3O/c1-9-11-8-16-14(15)17-13(11)18(12(9)6-7-19)10-4-2-3-5-10/h8,10,19H,2-7H2,1H3. The van der Waals surface area contributed by atoms with E-state index in [4.69, 9.17) is 11.6 Å². The Morgan fingerprint density at radius 2 is 2.16 bits per heavy atom. The molecule has 4 nitrogen and oxygen atoms in total. The van der Waals surface area contributed by atoms with Crippen molar-refractivity contribution in [3.8, 4) is 0 Å². The van der Waals surface area contributed by atoms with Crippen molar-refractivity contribution >= 4 is 22.6 Å². The van der Waals surface area contributed by atoms with E-state index in [1.54, 1.807) is 6.20 Å². The van der Waals surface area contributed by atoms with Gasteiger partial charge in [0.25, 0.3) is 0 Å². The lowest BCUT2D eigenvalue weighted by Gasteiger charge is -2.17. The van der Waals surface area contributed by atoms with Crippen LogP contribution in [0, 0.1) is 6.92 Å². The lowest BCUT2D eigenvalue weighted by molar-refractivity contribution is 0.294. The van der Waals surface area contributed by atoms with E-state index in [1.165, 1.54) is 36.9 Å². The van der Waals surface area contributed by atoms with Crippen LogP contribution in [0.3, 0.4) is 0 Å². The monoisotopic (exact) mass is 279 g/mol. The number of halogens is 1. The largest absolute Gasteiger partial charge is 0.396 e. The summed E-state index contributed by atoms with van der Waals surface area (Å²) >= 11 is 5.95. The van der Waals surface area contributed by atoms with Gasteiger partial charge in [-0.1, -0.05) is 12.8 Å². The Labute approximate surface area is 117 Å². The lowest BCUT2D eigenvalue weighted by atomic mass is 10.1. The summed E-state index contributed by atoms with van der Waals surface area (Å²) < 4.78 is 2.29. The fraction of sp³-hybridized carbons (Fsp3) is 0.571. The van der Waals surface area contributed by atoms with E-state index in [0.29, 0.717) is 17.7 Å². The van der Waals surface area contributed by atoms with E-state index >= 15 is 0 Å². The molecule has 0 unspecified atom stereocenters. The Hall–Kier alpha value is -1.13. The van der Waals surface area contributed by atoms with Gasteiger partial charge < -0.3 is 9.67 Å². The van der Waals surface area contributed by atoms with Gasteiger partial charge in [-0.15, -0.1) is 0 Å². The van der Waals surface area contributed by atoms with E-state index in [9.17, 15) is 5.11 Å². The zero-order chi connectivity index (χ0) is 13.4. The zero-order valence-electron chi connectivity index (χ0n) is 11.1. The minimum atomic E-state index is 0.158. The normalized spacial score (nSPS) is 16.6. The van der Waals surface area contributed by atoms with Gasteiger partial charge in [-0.05, 0) is 36.9 Å². The first-order valence-electron chi connectivity index (χ1n) is 6.85. The van der Waals surface area contributed by atoms with E-state index < -0.39 is 0 Å². The van der Waals surface area contributed by atoms with Gasteiger partial charge in [-0.3, -0.25) is 0 Å². The number of aliphatic hydroxyl groups excluding tert-OH is 1. The van der Waals surface area contributed by atoms with Gasteiger partial charge in [0, 0.05) is 36.3 Å². The van der Waals surface area contributed by atoms with Crippen molar-refractivity contribution < 1.29 is 5.11 Å². The highest BCUT2D eigenvalue weighted by Gasteiger charge is 2.24. The second-order valence-electron chi connectivity index (χ2n) is 5.23. The number of aromatic nitrogens is 3. The lowest BCUT2D eigenvalue weighted by Crippen LogP contribution is -2.11. The Bertz CT molecular complexity index is 602. The summed E-state index contributed by atoms with van der Waals surface area (Å²) in [5, 5.41) is 10.7. The molecule has 0 atom stereocenters. The Kier molecular flexibility index (Phi) is 3.46. The maximum Gasteiger partial charge on any atom is 0.224 e. The molecule has 0 aliphatic heterocycles. The molecule has 0 spiro atoms. The predicted octanol–water partition coefficient (Wildman–Crippen LogP) is 3.04. The van der Waals surface area contributed by atoms with Crippen molar-refractivity contribution in [3.63, 3.8) is 0 Å². The molecule has 1 fully saturated rings. The van der Waals surface area contributed by atoms with Gasteiger partial charge in [0.2, 0.25) is 5.28 Å². The minimum absolute atomic E-state index is 0.158. The van der Waals surface area contributed by atoms with Gasteiger partial charge in [-0.25, -0.2) is 4.98 Å². The van der Waals surface area contributed by atoms with Crippen LogP contribution in [-0.2, 0) is 6.42 Å². The molecule has 0 bridgehead atoms. The Morgan fingerprint density at radius 3 is 2.84 bits per heavy atom. The molecular weight excluding hydrogens is 262 g/mol. The summed E-state index contributed by atoms with van der Waals surface area (Å²) in [6.45, 7) is 2.24. The van der Waals surface area contributed by atoms with Crippen LogP contribution < -0.4 is 0 Å². The molecule has 1 saturated carbocycles. The number of nitrogens with zero attached hydrogens (tertiary/aromatic N) is 3. The summed E-state index contributed by atoms with van der Waals surface area (Å²) in [6, 6.07) is 0.490. The second-order valence-corrected chi connectivity index (χ2v) is 5.57. The summed E-state index contributed by atoms with van der Waals surface area (Å²) in [5.74, 6) is 0. The zero-order valence-corrected chi connectivity index (χ0v) is 11.8. The molecule has 2 aromatic heterocycles. The van der Waals surface area contributed by atoms with Crippen molar-refractivity contribution in [1.29, 1.82) is 0 Å². The van der Waals surface area contributed by atoms with Crippen LogP contribution >= 0.6 is 11.6 Å². The van der Waals surface area contributed by atoms with E-state index in [0.717, 1.165) is 11.0 Å². The van der Waals surface area contributed by atoms with Crippen LogP contribution in [0.1, 0.15) is 43.0 Å². The molecule has 2 aromatic rings. The molecule has 102 valence electrons. The van der Waals surface area contributed by atoms with Crippen molar-refractivity contribution in [2.75, 3.05) is 6.61 Å². The topological polar surface area (TPSA) is 50.9 Å². The third-order valence-electron chi connectivity index (χ3n) is 4.13. The minimum Gasteiger partial charge on any atom is -0.396 e. The van der Waals surface area contributed by atoms with Crippen molar-refractivity contribution in [3.05, 3.63) is 22.7 Å². The smallest absolute Gasteiger partial charge is 0.224 e. The van der Waals surface area contributed by atoms with E-state index in [-0.39, 0.29) is 6.61 Å². The molecule has 0 amide bonds. The van der Waals surface area contributed by atoms with Gasteiger partial charge in [0.05, 0.1) is 0 Å². The molecule has 0 radical (unpaired) electrons. The van der Waals surface area contributed by atoms with Crippen LogP contribution in [0.25, 0.3) is 11.0 Å². The maximum atomic E-state index is 9.32. The number of rotatable bonds is 3. The molecular formula is C14H18ClN3O. The fourth-order valence-electron chi connectivity index (χ4n) is 3.23. The highest BCUT2D eigenvalue weighted by Crippen LogP contribution is 2.36. The Balaban J connectivity index is 2.24. The summed E-state index contributed by atoms with van der Waals surface area (Å²) in [6.07, 6.45) is 7.36. The van der Waals surface area contributed by atoms with Crippen molar-refractivity contribution in [1.82, 2.24) is 14.5 Å². The van der Waals surface area contributed by atoms with Gasteiger partial charge >= 0.3 is 0 Å². The summed E-state index contributed by atoms with van der Waals surface area (Å²) in [4.78, 5) is 8.51. The molecule has 1 aliphatic rings. The van der Waals surface area contributed by atoms with Crippen LogP contribution in [0.5, 0.6) is 0 Å². The van der Waals surface area contributed by atoms with Crippen LogP contribution in [0.2, 0.25) is 5.28 Å². The number of aliphatic hydroxyl groups is 1. The molecule has 0 aromatic carbocycles. The van der Waals surface area contributed by atoms with Gasteiger partial charge in [-0.2, -0.15) is 4.98 Å². The van der Waals surface area contributed by atoms with Crippen LogP contribution in [0.4, 0.5) is 0 Å². The molecule has 2 heterocycles. The van der Waals surface area contributed by atoms with Crippen LogP contribution in [0.15, 0.2) is 6.20 Å². The van der Waals surface area contributed by atoms with E-state index in [1.807, 2.05) is 0 Å². The molecule has 1 N–H and O–H groups in total. The SMILES string of the molecule is Cc1c(CCO)n(C2CCCC2)c2nc(Cl)ncc12. The quantitative estimate of drug-likeness (QED) is 0.879. The highest BCUT2D eigenvalue weighted by atomic mass is 35.5. The Morgan fingerprint density at radius 1 is 1.42 bits per heavy atom. The summed E-state index contributed by atoms with van der Waals surface area (Å²) in [5.41, 5.74) is 3.28. The number of hydrogen-bond donors (Lipinski definition) is 1. The van der Waals surface area contributed by atoms with E-state index in [2.05, 4.69) is 21.5 Å². The van der Waals surface area contributed by atoms with Crippen molar-refractivity contribution in [2.45, 2.75) is 45.1 Å². The van der Waals surface area contributed by atoms with Crippen LogP contribution in [-0.4, -0.2) is 26.2 Å². The maximum absolute atomic E-state index is 9.32. The first-order valence-corrected chi connectivity index (χ1v) is 7.23. The molecule has 5 heteroatoms. The average Bonchev–Trinajstić information content (AvgIpc) is 2.98. The molecule has 19 heavy (non-hydrogen) atoms. The number of aryl methyl sites for hydroxylation is 1. The predicted molar refractivity (Wildman–Crippen MR) is 75.6 cm³/mol. The van der Waals surface area contributed by atoms with Gasteiger partial charge in [0.15, 0.2) is 0 Å². The number of fused-ring (bicyclic) bond motifs is 1. The first-order chi connectivity index (χ1) is 9.22. The number of hydrogen-bond acceptors (Lipinski definition) is 3. The molecule has 3 rings (SSSR count). The highest BCUT2D eigenvalue weighted by molar-refractivity contribution is 6.28. The van der Waals surface area contributed by atoms with Gasteiger partial charge in [0.1, 0.15) is 5.65 Å². The third kappa shape index (κ3) is 2.13. The average molecular weight is 280 g/mol. The molecule has 0 saturated heterocycles. The summed E-state index contributed by atoms with van der Waals surface area (Å²) in [7, 11) is 0. The third-order valence-corrected chi connectivity index (χ3v) is 4.32.